The van der Waals surface area contributed by atoms with E-state index >= 15 is 0 Å². The third-order valence-electron chi connectivity index (χ3n) is 9.98. The fourth-order valence-electron chi connectivity index (χ4n) is 6.34. The van der Waals surface area contributed by atoms with Crippen LogP contribution < -0.4 is 0 Å². The molecule has 0 fully saturated rings. The van der Waals surface area contributed by atoms with Gasteiger partial charge in [-0.1, -0.05) is 173 Å². The van der Waals surface area contributed by atoms with E-state index in [0.717, 1.165) is 38.5 Å². The van der Waals surface area contributed by atoms with E-state index in [0.29, 0.717) is 17.4 Å². The quantitative estimate of drug-likeness (QED) is 0.0213. The zero-order chi connectivity index (χ0) is 41.4. The van der Waals surface area contributed by atoms with Crippen LogP contribution >= 0.6 is 7.82 Å². The fourth-order valence-corrected chi connectivity index (χ4v) is 7.08. The topological polar surface area (TPSA) is 108 Å². The van der Waals surface area contributed by atoms with Crippen molar-refractivity contribution in [2.45, 2.75) is 213 Å². The van der Waals surface area contributed by atoms with E-state index in [2.05, 4.69) is 38.2 Å². The molecule has 10 heteroatoms. The van der Waals surface area contributed by atoms with E-state index in [1.165, 1.54) is 135 Å². The lowest BCUT2D eigenvalue weighted by Gasteiger charge is -2.24. The lowest BCUT2D eigenvalue weighted by atomic mass is 10.0. The summed E-state index contributed by atoms with van der Waals surface area (Å²) in [5, 5.41) is 0. The van der Waals surface area contributed by atoms with E-state index in [1.807, 2.05) is 21.1 Å². The molecule has 0 radical (unpaired) electrons. The molecular formula is C46H89NO8P+. The number of rotatable bonds is 42. The summed E-state index contributed by atoms with van der Waals surface area (Å²) in [6.45, 7) is 4.41. The molecule has 0 aromatic carbocycles. The van der Waals surface area contributed by atoms with Crippen molar-refractivity contribution in [3.63, 3.8) is 0 Å². The molecule has 1 unspecified atom stereocenters. The van der Waals surface area contributed by atoms with Crippen molar-refractivity contribution < 1.29 is 42.1 Å². The van der Waals surface area contributed by atoms with Crippen LogP contribution in [0.25, 0.3) is 0 Å². The standard InChI is InChI=1S/C46H88NO8P/c1-6-8-10-12-14-16-18-20-21-22-23-24-25-27-28-30-32-34-36-38-45(48)52-42-44(43-54-56(50,51)53-41-40-47(3,4)5)55-46(49)39-37-35-33-31-29-26-19-17-15-13-11-9-7-2/h14,16,20-21,44H,6-13,15,17-19,22-43H2,1-5H3/p+1/b16-14+,21-20+/t44-/m0/s1. The number of allylic oxidation sites excluding steroid dienone is 4. The van der Waals surface area contributed by atoms with Crippen LogP contribution in [0.15, 0.2) is 24.3 Å². The van der Waals surface area contributed by atoms with Gasteiger partial charge in [0.05, 0.1) is 27.7 Å². The molecule has 0 aliphatic rings. The Bertz CT molecular complexity index is 1010. The van der Waals surface area contributed by atoms with Crippen molar-refractivity contribution >= 4 is 19.8 Å². The van der Waals surface area contributed by atoms with Gasteiger partial charge in [-0.15, -0.1) is 0 Å². The summed E-state index contributed by atoms with van der Waals surface area (Å²) in [6.07, 6.45) is 42.2. The molecule has 0 bridgehead atoms. The maximum atomic E-state index is 12.7. The summed E-state index contributed by atoms with van der Waals surface area (Å²) in [5.74, 6) is -0.796. The molecule has 330 valence electrons. The molecule has 2 atom stereocenters. The Hall–Kier alpha value is -1.51. The normalized spacial score (nSPS) is 13.8. The highest BCUT2D eigenvalue weighted by molar-refractivity contribution is 7.47. The van der Waals surface area contributed by atoms with Gasteiger partial charge in [0, 0.05) is 12.8 Å². The second-order valence-electron chi connectivity index (χ2n) is 16.8. The molecule has 0 heterocycles. The van der Waals surface area contributed by atoms with Crippen molar-refractivity contribution in [1.29, 1.82) is 0 Å². The number of unbranched alkanes of at least 4 members (excludes halogenated alkanes) is 24. The number of ether oxygens (including phenoxy) is 2. The minimum atomic E-state index is -4.37. The van der Waals surface area contributed by atoms with Crippen LogP contribution in [0.5, 0.6) is 0 Å². The zero-order valence-corrected chi connectivity index (χ0v) is 38.0. The van der Waals surface area contributed by atoms with Crippen LogP contribution in [0.2, 0.25) is 0 Å². The van der Waals surface area contributed by atoms with Crippen molar-refractivity contribution in [2.75, 3.05) is 47.5 Å². The van der Waals surface area contributed by atoms with E-state index in [4.69, 9.17) is 18.5 Å². The Kier molecular flexibility index (Phi) is 37.9. The largest absolute Gasteiger partial charge is 0.472 e. The van der Waals surface area contributed by atoms with Crippen LogP contribution in [0, 0.1) is 0 Å². The van der Waals surface area contributed by atoms with Gasteiger partial charge in [0.2, 0.25) is 0 Å². The summed E-state index contributed by atoms with van der Waals surface area (Å²) in [6, 6.07) is 0. The molecule has 0 aromatic heterocycles. The molecular weight excluding hydrogens is 725 g/mol. The predicted octanol–water partition coefficient (Wildman–Crippen LogP) is 13.1. The predicted molar refractivity (Wildman–Crippen MR) is 234 cm³/mol. The van der Waals surface area contributed by atoms with Crippen LogP contribution in [0.4, 0.5) is 0 Å². The summed E-state index contributed by atoms with van der Waals surface area (Å²) in [7, 11) is 1.48. The van der Waals surface area contributed by atoms with Crippen LogP contribution in [0.1, 0.15) is 206 Å². The van der Waals surface area contributed by atoms with E-state index in [-0.39, 0.29) is 32.0 Å². The first-order valence-corrected chi connectivity index (χ1v) is 24.6. The molecule has 0 rings (SSSR count). The number of likely N-dealkylation sites (N-methyl/N-ethyl adjacent to an activating group) is 1. The molecule has 0 aliphatic carbocycles. The van der Waals surface area contributed by atoms with E-state index in [1.54, 1.807) is 0 Å². The second kappa shape index (κ2) is 39.0. The summed E-state index contributed by atoms with van der Waals surface area (Å²) in [4.78, 5) is 35.4. The number of phosphoric ester groups is 1. The first kappa shape index (κ1) is 54.5. The number of hydrogen-bond acceptors (Lipinski definition) is 7. The Balaban J connectivity index is 4.28. The highest BCUT2D eigenvalue weighted by Crippen LogP contribution is 2.43. The number of quaternary nitrogens is 1. The Labute approximate surface area is 345 Å². The van der Waals surface area contributed by atoms with Gasteiger partial charge in [-0.25, -0.2) is 4.57 Å². The Morgan fingerprint density at radius 3 is 1.45 bits per heavy atom. The molecule has 0 aliphatic heterocycles. The molecule has 0 amide bonds. The van der Waals surface area contributed by atoms with Crippen LogP contribution in [-0.2, 0) is 32.7 Å². The third-order valence-corrected chi connectivity index (χ3v) is 11.0. The van der Waals surface area contributed by atoms with E-state index < -0.39 is 26.5 Å². The summed E-state index contributed by atoms with van der Waals surface area (Å²) in [5.41, 5.74) is 0. The van der Waals surface area contributed by atoms with Gasteiger partial charge >= 0.3 is 19.8 Å². The van der Waals surface area contributed by atoms with Crippen LogP contribution in [0.3, 0.4) is 0 Å². The minimum Gasteiger partial charge on any atom is -0.462 e. The lowest BCUT2D eigenvalue weighted by Crippen LogP contribution is -2.37. The van der Waals surface area contributed by atoms with Gasteiger partial charge in [0.15, 0.2) is 6.10 Å². The third kappa shape index (κ3) is 42.1. The summed E-state index contributed by atoms with van der Waals surface area (Å²) >= 11 is 0. The second-order valence-corrected chi connectivity index (χ2v) is 18.2. The number of esters is 2. The molecule has 0 saturated carbocycles. The number of carbonyl (C=O) groups excluding carboxylic acids is 2. The first-order valence-electron chi connectivity index (χ1n) is 23.1. The van der Waals surface area contributed by atoms with Gasteiger partial charge in [-0.05, 0) is 44.9 Å². The van der Waals surface area contributed by atoms with Crippen molar-refractivity contribution in [3.05, 3.63) is 24.3 Å². The highest BCUT2D eigenvalue weighted by Gasteiger charge is 2.27. The molecule has 56 heavy (non-hydrogen) atoms. The molecule has 9 nitrogen and oxygen atoms in total. The average Bonchev–Trinajstić information content (AvgIpc) is 3.15. The fraction of sp³-hybridized carbons (Fsp3) is 0.870. The highest BCUT2D eigenvalue weighted by atomic mass is 31.2. The average molecular weight is 815 g/mol. The zero-order valence-electron chi connectivity index (χ0n) is 37.1. The number of carbonyl (C=O) groups is 2. The number of phosphoric acid groups is 1. The van der Waals surface area contributed by atoms with E-state index in [9.17, 15) is 19.0 Å². The maximum Gasteiger partial charge on any atom is 0.472 e. The van der Waals surface area contributed by atoms with Gasteiger partial charge < -0.3 is 18.9 Å². The smallest absolute Gasteiger partial charge is 0.462 e. The summed E-state index contributed by atoms with van der Waals surface area (Å²) < 4.78 is 34.3. The van der Waals surface area contributed by atoms with Gasteiger partial charge in [-0.2, -0.15) is 0 Å². The molecule has 1 N–H and O–H groups in total. The van der Waals surface area contributed by atoms with Crippen molar-refractivity contribution in [2.24, 2.45) is 0 Å². The molecule has 0 aromatic rings. The van der Waals surface area contributed by atoms with Gasteiger partial charge in [0.1, 0.15) is 19.8 Å². The van der Waals surface area contributed by atoms with Gasteiger partial charge in [-0.3, -0.25) is 18.6 Å². The minimum absolute atomic E-state index is 0.0331. The Morgan fingerprint density at radius 2 is 0.964 bits per heavy atom. The van der Waals surface area contributed by atoms with Crippen molar-refractivity contribution in [3.8, 4) is 0 Å². The maximum absolute atomic E-state index is 12.7. The van der Waals surface area contributed by atoms with Crippen molar-refractivity contribution in [1.82, 2.24) is 0 Å². The first-order chi connectivity index (χ1) is 27.0. The number of hydrogen-bond donors (Lipinski definition) is 1. The molecule has 0 saturated heterocycles. The van der Waals surface area contributed by atoms with Gasteiger partial charge in [0.25, 0.3) is 0 Å². The number of nitrogens with zero attached hydrogens (tertiary/aromatic N) is 1. The molecule has 0 spiro atoms. The monoisotopic (exact) mass is 815 g/mol. The SMILES string of the molecule is CCCCC/C=C/C/C=C/CCCCCCCCCCCC(=O)OC[C@@H](COP(=O)(O)OCC[N+](C)(C)C)OC(=O)CCCCCCCCCCCCCCC. The lowest BCUT2D eigenvalue weighted by molar-refractivity contribution is -0.870. The Morgan fingerprint density at radius 1 is 0.554 bits per heavy atom. The van der Waals surface area contributed by atoms with Crippen LogP contribution in [-0.4, -0.2) is 74.9 Å².